The molecule has 0 aromatic carbocycles. The summed E-state index contributed by atoms with van der Waals surface area (Å²) < 4.78 is 0. The zero-order valence-corrected chi connectivity index (χ0v) is 13.8. The molecule has 0 unspecified atom stereocenters. The van der Waals surface area contributed by atoms with Crippen LogP contribution in [0.4, 0.5) is 0 Å². The van der Waals surface area contributed by atoms with Crippen molar-refractivity contribution in [3.05, 3.63) is 30.1 Å². The summed E-state index contributed by atoms with van der Waals surface area (Å²) in [6.07, 6.45) is 11.2. The summed E-state index contributed by atoms with van der Waals surface area (Å²) in [6, 6.07) is 5.32. The Morgan fingerprint density at radius 1 is 1.22 bits per heavy atom. The summed E-state index contributed by atoms with van der Waals surface area (Å²) in [5.41, 5.74) is 4.61. The molecule has 0 spiro atoms. The molecule has 0 saturated heterocycles. The Balaban J connectivity index is 1.40. The van der Waals surface area contributed by atoms with Gasteiger partial charge in [-0.15, -0.1) is 0 Å². The average molecular weight is 311 g/mol. The first-order valence-electron chi connectivity index (χ1n) is 8.86. The number of carbonyl (C=O) groups is 1. The molecule has 0 radical (unpaired) electrons. The monoisotopic (exact) mass is 311 g/mol. The van der Waals surface area contributed by atoms with Crippen molar-refractivity contribution in [2.75, 3.05) is 0 Å². The fourth-order valence-corrected chi connectivity index (χ4v) is 5.79. The van der Waals surface area contributed by atoms with Gasteiger partial charge in [-0.2, -0.15) is 5.10 Å². The maximum atomic E-state index is 12.0. The second kappa shape index (κ2) is 5.73. The van der Waals surface area contributed by atoms with Crippen LogP contribution >= 0.6 is 0 Å². The van der Waals surface area contributed by atoms with Crippen molar-refractivity contribution >= 4 is 11.6 Å². The van der Waals surface area contributed by atoms with E-state index in [1.807, 2.05) is 6.07 Å². The maximum Gasteiger partial charge on any atom is 0.289 e. The average Bonchev–Trinajstić information content (AvgIpc) is 2.51. The van der Waals surface area contributed by atoms with Crippen molar-refractivity contribution in [3.8, 4) is 0 Å². The van der Waals surface area contributed by atoms with E-state index < -0.39 is 0 Å². The summed E-state index contributed by atoms with van der Waals surface area (Å²) >= 11 is 0. The molecule has 4 aliphatic rings. The van der Waals surface area contributed by atoms with Crippen molar-refractivity contribution in [2.45, 2.75) is 51.9 Å². The Bertz CT molecular complexity index is 587. The molecule has 1 aromatic heterocycles. The molecule has 4 aliphatic carbocycles. The van der Waals surface area contributed by atoms with Crippen LogP contribution in [0.5, 0.6) is 0 Å². The van der Waals surface area contributed by atoms with Gasteiger partial charge in [0.2, 0.25) is 0 Å². The standard InChI is InChI=1S/C19H25N3O/c1-13(21-22-18(23)17-4-2-3-5-20-17)9-19-10-14-6-15(11-19)8-16(7-14)12-19/h2-5,14-16H,6-12H2,1H3,(H,22,23)/b21-13-. The van der Waals surface area contributed by atoms with E-state index in [0.29, 0.717) is 11.1 Å². The lowest BCUT2D eigenvalue weighted by Gasteiger charge is -2.57. The second-order valence-corrected chi connectivity index (χ2v) is 8.10. The molecule has 1 heterocycles. The van der Waals surface area contributed by atoms with Crippen molar-refractivity contribution in [1.29, 1.82) is 0 Å². The third-order valence-corrected chi connectivity index (χ3v) is 6.04. The molecule has 1 N–H and O–H groups in total. The zero-order valence-electron chi connectivity index (χ0n) is 13.8. The van der Waals surface area contributed by atoms with Crippen LogP contribution in [-0.2, 0) is 0 Å². The van der Waals surface area contributed by atoms with E-state index in [0.717, 1.165) is 29.9 Å². The number of aromatic nitrogens is 1. The van der Waals surface area contributed by atoms with Gasteiger partial charge in [0.15, 0.2) is 0 Å². The van der Waals surface area contributed by atoms with Crippen LogP contribution in [-0.4, -0.2) is 16.6 Å². The number of hydrogen-bond acceptors (Lipinski definition) is 3. The molecule has 1 amide bonds. The molecule has 23 heavy (non-hydrogen) atoms. The summed E-state index contributed by atoms with van der Waals surface area (Å²) in [7, 11) is 0. The molecule has 4 bridgehead atoms. The molecule has 4 nitrogen and oxygen atoms in total. The van der Waals surface area contributed by atoms with Crippen LogP contribution < -0.4 is 5.43 Å². The molecule has 0 atom stereocenters. The van der Waals surface area contributed by atoms with Crippen molar-refractivity contribution < 1.29 is 4.79 Å². The Labute approximate surface area is 137 Å². The summed E-state index contributed by atoms with van der Waals surface area (Å²) in [4.78, 5) is 16.1. The normalized spacial score (nSPS) is 35.3. The molecule has 4 heteroatoms. The van der Waals surface area contributed by atoms with E-state index >= 15 is 0 Å². The number of amides is 1. The topological polar surface area (TPSA) is 54.4 Å². The number of nitrogens with one attached hydrogen (secondary N) is 1. The first-order chi connectivity index (χ1) is 11.1. The molecule has 1 aromatic rings. The largest absolute Gasteiger partial charge is 0.289 e. The van der Waals surface area contributed by atoms with Gasteiger partial charge in [0, 0.05) is 11.9 Å². The predicted molar refractivity (Wildman–Crippen MR) is 90.0 cm³/mol. The Morgan fingerprint density at radius 3 is 2.43 bits per heavy atom. The van der Waals surface area contributed by atoms with Crippen LogP contribution in [0, 0.1) is 23.2 Å². The van der Waals surface area contributed by atoms with Gasteiger partial charge < -0.3 is 0 Å². The first-order valence-corrected chi connectivity index (χ1v) is 8.86. The van der Waals surface area contributed by atoms with E-state index in [4.69, 9.17) is 0 Å². The second-order valence-electron chi connectivity index (χ2n) is 8.10. The third kappa shape index (κ3) is 3.04. The maximum absolute atomic E-state index is 12.0. The van der Waals surface area contributed by atoms with E-state index in [1.54, 1.807) is 18.3 Å². The van der Waals surface area contributed by atoms with Gasteiger partial charge in [-0.25, -0.2) is 5.43 Å². The summed E-state index contributed by atoms with van der Waals surface area (Å²) in [5.74, 6) is 2.64. The van der Waals surface area contributed by atoms with E-state index in [-0.39, 0.29) is 5.91 Å². The van der Waals surface area contributed by atoms with E-state index in [9.17, 15) is 4.79 Å². The Kier molecular flexibility index (Phi) is 3.70. The quantitative estimate of drug-likeness (QED) is 0.679. The zero-order chi connectivity index (χ0) is 15.9. The Hall–Kier alpha value is -1.71. The van der Waals surface area contributed by atoms with Crippen LogP contribution in [0.3, 0.4) is 0 Å². The highest BCUT2D eigenvalue weighted by Crippen LogP contribution is 2.61. The molecular weight excluding hydrogens is 286 g/mol. The van der Waals surface area contributed by atoms with Gasteiger partial charge in [0.05, 0.1) is 0 Å². The molecule has 4 saturated carbocycles. The van der Waals surface area contributed by atoms with E-state index in [2.05, 4.69) is 22.4 Å². The fraction of sp³-hybridized carbons (Fsp3) is 0.632. The van der Waals surface area contributed by atoms with Gasteiger partial charge in [-0.1, -0.05) is 6.07 Å². The fourth-order valence-electron chi connectivity index (χ4n) is 5.79. The lowest BCUT2D eigenvalue weighted by atomic mass is 9.48. The van der Waals surface area contributed by atoms with E-state index in [1.165, 1.54) is 38.5 Å². The van der Waals surface area contributed by atoms with Gasteiger partial charge >= 0.3 is 0 Å². The van der Waals surface area contributed by atoms with Gasteiger partial charge in [-0.3, -0.25) is 9.78 Å². The summed E-state index contributed by atoms with van der Waals surface area (Å²) in [5, 5.41) is 4.35. The highest BCUT2D eigenvalue weighted by molar-refractivity contribution is 5.93. The van der Waals surface area contributed by atoms with Crippen molar-refractivity contribution in [2.24, 2.45) is 28.3 Å². The molecule has 122 valence electrons. The number of pyridine rings is 1. The van der Waals surface area contributed by atoms with Gasteiger partial charge in [0.25, 0.3) is 5.91 Å². The lowest BCUT2D eigenvalue weighted by molar-refractivity contribution is -0.0482. The van der Waals surface area contributed by atoms with Gasteiger partial charge in [-0.05, 0) is 87.2 Å². The number of carbonyl (C=O) groups excluding carboxylic acids is 1. The summed E-state index contributed by atoms with van der Waals surface area (Å²) in [6.45, 7) is 2.05. The van der Waals surface area contributed by atoms with Crippen LogP contribution in [0.25, 0.3) is 0 Å². The smallest absolute Gasteiger partial charge is 0.266 e. The molecular formula is C19H25N3O. The number of nitrogens with zero attached hydrogens (tertiary/aromatic N) is 2. The van der Waals surface area contributed by atoms with Gasteiger partial charge in [0.1, 0.15) is 5.69 Å². The van der Waals surface area contributed by atoms with Crippen molar-refractivity contribution in [3.63, 3.8) is 0 Å². The highest BCUT2D eigenvalue weighted by atomic mass is 16.2. The highest BCUT2D eigenvalue weighted by Gasteiger charge is 2.50. The number of hydrogen-bond donors (Lipinski definition) is 1. The molecule has 5 rings (SSSR count). The number of hydrazone groups is 1. The minimum Gasteiger partial charge on any atom is -0.266 e. The number of rotatable bonds is 4. The minimum atomic E-state index is -0.226. The SMILES string of the molecule is C/C(CC12CC3CC(CC(C3)C1)C2)=N/NC(=O)c1ccccn1. The van der Waals surface area contributed by atoms with Crippen LogP contribution in [0.1, 0.15) is 62.4 Å². The lowest BCUT2D eigenvalue weighted by Crippen LogP contribution is -2.46. The minimum absolute atomic E-state index is 0.226. The molecule has 4 fully saturated rings. The molecule has 0 aliphatic heterocycles. The third-order valence-electron chi connectivity index (χ3n) is 6.04. The Morgan fingerprint density at radius 2 is 1.87 bits per heavy atom. The van der Waals surface area contributed by atoms with Crippen molar-refractivity contribution in [1.82, 2.24) is 10.4 Å². The van der Waals surface area contributed by atoms with Crippen LogP contribution in [0.15, 0.2) is 29.5 Å². The first kappa shape index (κ1) is 14.9. The predicted octanol–water partition coefficient (Wildman–Crippen LogP) is 3.79. The van der Waals surface area contributed by atoms with Crippen LogP contribution in [0.2, 0.25) is 0 Å².